The molecule has 0 radical (unpaired) electrons. The Kier molecular flexibility index (Phi) is 3.61. The van der Waals surface area contributed by atoms with E-state index in [0.717, 1.165) is 25.3 Å². The fourth-order valence-electron chi connectivity index (χ4n) is 3.73. The lowest BCUT2D eigenvalue weighted by Gasteiger charge is -2.28. The summed E-state index contributed by atoms with van der Waals surface area (Å²) in [5.41, 5.74) is 0.244. The Morgan fingerprint density at radius 1 is 1.29 bits per heavy atom. The number of nitrogens with one attached hydrogen (secondary N) is 1. The molecule has 0 aromatic heterocycles. The van der Waals surface area contributed by atoms with E-state index in [0.29, 0.717) is 0 Å². The molecule has 4 atom stereocenters. The van der Waals surface area contributed by atoms with Crippen LogP contribution in [0.25, 0.3) is 0 Å². The van der Waals surface area contributed by atoms with Gasteiger partial charge in [-0.3, -0.25) is 9.59 Å². The number of carbonyl (C=O) groups is 2. The number of amides is 1. The zero-order valence-electron chi connectivity index (χ0n) is 11.2. The van der Waals surface area contributed by atoms with Crippen LogP contribution < -0.4 is 5.32 Å². The maximum Gasteiger partial charge on any atom is 0.308 e. The van der Waals surface area contributed by atoms with Gasteiger partial charge in [0, 0.05) is 11.6 Å². The van der Waals surface area contributed by atoms with Crippen LogP contribution in [-0.4, -0.2) is 23.0 Å². The van der Waals surface area contributed by atoms with Gasteiger partial charge in [0.25, 0.3) is 5.91 Å². The van der Waals surface area contributed by atoms with Crippen LogP contribution in [0.2, 0.25) is 5.02 Å². The number of hydrogen-bond donors (Lipinski definition) is 2. The Balaban J connectivity index is 1.77. The van der Waals surface area contributed by atoms with Crippen molar-refractivity contribution in [3.63, 3.8) is 0 Å². The van der Waals surface area contributed by atoms with E-state index in [9.17, 15) is 19.1 Å². The quantitative estimate of drug-likeness (QED) is 0.902. The number of aliphatic carboxylic acids is 1. The molecule has 4 unspecified atom stereocenters. The molecule has 2 fully saturated rings. The van der Waals surface area contributed by atoms with Crippen LogP contribution in [0.4, 0.5) is 4.39 Å². The van der Waals surface area contributed by atoms with E-state index in [1.807, 2.05) is 0 Å². The van der Waals surface area contributed by atoms with Gasteiger partial charge in [-0.15, -0.1) is 0 Å². The Labute approximate surface area is 126 Å². The van der Waals surface area contributed by atoms with Crippen molar-refractivity contribution in [3.05, 3.63) is 34.6 Å². The van der Waals surface area contributed by atoms with E-state index in [1.165, 1.54) is 12.1 Å². The van der Waals surface area contributed by atoms with Gasteiger partial charge in [-0.05, 0) is 49.3 Å². The molecule has 21 heavy (non-hydrogen) atoms. The minimum Gasteiger partial charge on any atom is -0.481 e. The third kappa shape index (κ3) is 2.50. The summed E-state index contributed by atoms with van der Waals surface area (Å²) in [6.07, 6.45) is 2.71. The van der Waals surface area contributed by atoms with Crippen LogP contribution in [0.3, 0.4) is 0 Å². The van der Waals surface area contributed by atoms with Crippen LogP contribution in [0, 0.1) is 23.6 Å². The second-order valence-electron chi connectivity index (χ2n) is 5.83. The van der Waals surface area contributed by atoms with Crippen molar-refractivity contribution >= 4 is 23.5 Å². The maximum atomic E-state index is 13.1. The Morgan fingerprint density at radius 3 is 2.67 bits per heavy atom. The van der Waals surface area contributed by atoms with Crippen LogP contribution in [0.15, 0.2) is 18.2 Å². The minimum absolute atomic E-state index is 0.120. The van der Waals surface area contributed by atoms with Crippen LogP contribution in [-0.2, 0) is 4.79 Å². The highest BCUT2D eigenvalue weighted by Crippen LogP contribution is 2.48. The molecule has 1 aromatic carbocycles. The summed E-state index contributed by atoms with van der Waals surface area (Å²) < 4.78 is 13.1. The molecule has 2 aliphatic carbocycles. The van der Waals surface area contributed by atoms with Gasteiger partial charge in [0.15, 0.2) is 0 Å². The monoisotopic (exact) mass is 311 g/mol. The highest BCUT2D eigenvalue weighted by Gasteiger charge is 2.51. The molecular weight excluding hydrogens is 297 g/mol. The summed E-state index contributed by atoms with van der Waals surface area (Å²) in [6, 6.07) is 3.39. The van der Waals surface area contributed by atoms with E-state index >= 15 is 0 Å². The van der Waals surface area contributed by atoms with Gasteiger partial charge in [0.2, 0.25) is 0 Å². The molecule has 4 nitrogen and oxygen atoms in total. The Bertz CT molecular complexity index is 607. The largest absolute Gasteiger partial charge is 0.481 e. The molecule has 112 valence electrons. The minimum atomic E-state index is -0.857. The number of carboxylic acid groups (broad SMARTS) is 1. The number of hydrogen-bond acceptors (Lipinski definition) is 2. The van der Waals surface area contributed by atoms with Crippen molar-refractivity contribution < 1.29 is 19.1 Å². The van der Waals surface area contributed by atoms with Crippen molar-refractivity contribution in [2.45, 2.75) is 25.3 Å². The lowest BCUT2D eigenvalue weighted by molar-refractivity contribution is -0.144. The summed E-state index contributed by atoms with van der Waals surface area (Å²) in [7, 11) is 0. The van der Waals surface area contributed by atoms with Crippen LogP contribution in [0.5, 0.6) is 0 Å². The summed E-state index contributed by atoms with van der Waals surface area (Å²) in [5.74, 6) is -2.00. The summed E-state index contributed by atoms with van der Waals surface area (Å²) >= 11 is 5.67. The van der Waals surface area contributed by atoms with Crippen molar-refractivity contribution in [1.29, 1.82) is 0 Å². The van der Waals surface area contributed by atoms with Crippen LogP contribution >= 0.6 is 11.6 Å². The third-order valence-electron chi connectivity index (χ3n) is 4.68. The SMILES string of the molecule is O=C(NC1C2CCC(C2)C1C(=O)O)c1ccc(F)c(Cl)c1. The molecule has 1 amide bonds. The van der Waals surface area contributed by atoms with E-state index in [2.05, 4.69) is 5.32 Å². The fraction of sp³-hybridized carbons (Fsp3) is 0.467. The lowest BCUT2D eigenvalue weighted by Crippen LogP contribution is -2.46. The number of benzene rings is 1. The molecule has 0 saturated heterocycles. The zero-order valence-corrected chi connectivity index (χ0v) is 11.9. The number of halogens is 2. The third-order valence-corrected chi connectivity index (χ3v) is 4.97. The second kappa shape index (κ2) is 5.30. The molecule has 6 heteroatoms. The molecule has 2 aliphatic rings. The molecule has 2 N–H and O–H groups in total. The molecular formula is C15H15ClFNO3. The average molecular weight is 312 g/mol. The first-order valence-corrected chi connectivity index (χ1v) is 7.34. The van der Waals surface area contributed by atoms with Crippen molar-refractivity contribution in [2.75, 3.05) is 0 Å². The number of carbonyl (C=O) groups excluding carboxylic acids is 1. The Hall–Kier alpha value is -1.62. The zero-order chi connectivity index (χ0) is 15.1. The molecule has 0 aliphatic heterocycles. The van der Waals surface area contributed by atoms with Gasteiger partial charge in [0.1, 0.15) is 5.82 Å². The summed E-state index contributed by atoms with van der Waals surface area (Å²) in [5, 5.41) is 12.0. The molecule has 0 heterocycles. The standard InChI is InChI=1S/C15H15ClFNO3/c16-10-6-9(3-4-11(10)17)14(19)18-13-8-2-1-7(5-8)12(13)15(20)21/h3-4,6-8,12-13H,1-2,5H2,(H,18,19)(H,20,21). The fourth-order valence-corrected chi connectivity index (χ4v) is 3.91. The van der Waals surface area contributed by atoms with Crippen molar-refractivity contribution in [2.24, 2.45) is 17.8 Å². The molecule has 3 rings (SSSR count). The van der Waals surface area contributed by atoms with Gasteiger partial charge < -0.3 is 10.4 Å². The first-order chi connectivity index (χ1) is 9.97. The molecule has 0 spiro atoms. The second-order valence-corrected chi connectivity index (χ2v) is 6.23. The number of rotatable bonds is 3. The van der Waals surface area contributed by atoms with Crippen molar-refractivity contribution in [3.8, 4) is 0 Å². The average Bonchev–Trinajstić information content (AvgIpc) is 3.02. The highest BCUT2D eigenvalue weighted by molar-refractivity contribution is 6.31. The van der Waals surface area contributed by atoms with Crippen molar-refractivity contribution in [1.82, 2.24) is 5.32 Å². The predicted octanol–water partition coefficient (Wildman–Crippen LogP) is 2.71. The van der Waals surface area contributed by atoms with E-state index in [1.54, 1.807) is 0 Å². The molecule has 2 bridgehead atoms. The summed E-state index contributed by atoms with van der Waals surface area (Å²) in [6.45, 7) is 0. The highest BCUT2D eigenvalue weighted by atomic mass is 35.5. The number of carboxylic acids is 1. The van der Waals surface area contributed by atoms with Gasteiger partial charge in [-0.1, -0.05) is 11.6 Å². The summed E-state index contributed by atoms with van der Waals surface area (Å²) in [4.78, 5) is 23.6. The lowest BCUT2D eigenvalue weighted by atomic mass is 9.84. The first-order valence-electron chi connectivity index (χ1n) is 6.96. The maximum absolute atomic E-state index is 13.1. The van der Waals surface area contributed by atoms with E-state index in [-0.39, 0.29) is 28.5 Å². The van der Waals surface area contributed by atoms with Gasteiger partial charge in [-0.2, -0.15) is 0 Å². The first kappa shape index (κ1) is 14.3. The molecule has 2 saturated carbocycles. The van der Waals surface area contributed by atoms with Crippen LogP contribution in [0.1, 0.15) is 29.6 Å². The molecule has 1 aromatic rings. The normalized spacial score (nSPS) is 30.4. The van der Waals surface area contributed by atoms with E-state index < -0.39 is 23.6 Å². The van der Waals surface area contributed by atoms with Gasteiger partial charge in [0.05, 0.1) is 10.9 Å². The smallest absolute Gasteiger partial charge is 0.308 e. The predicted molar refractivity (Wildman–Crippen MR) is 74.6 cm³/mol. The number of fused-ring (bicyclic) bond motifs is 2. The van der Waals surface area contributed by atoms with Gasteiger partial charge in [-0.25, -0.2) is 4.39 Å². The topological polar surface area (TPSA) is 66.4 Å². The Morgan fingerprint density at radius 2 is 2.00 bits per heavy atom. The van der Waals surface area contributed by atoms with E-state index in [4.69, 9.17) is 11.6 Å². The van der Waals surface area contributed by atoms with Gasteiger partial charge >= 0.3 is 5.97 Å².